The molecule has 3 rings (SSSR count). The second-order valence-corrected chi connectivity index (χ2v) is 4.59. The zero-order valence-corrected chi connectivity index (χ0v) is 10.5. The van der Waals surface area contributed by atoms with Crippen LogP contribution < -0.4 is 10.2 Å². The fourth-order valence-corrected chi connectivity index (χ4v) is 2.25. The highest BCUT2D eigenvalue weighted by Crippen LogP contribution is 2.21. The van der Waals surface area contributed by atoms with E-state index in [9.17, 15) is 4.39 Å². The number of hydrogen-bond acceptors (Lipinski definition) is 4. The third-order valence-corrected chi connectivity index (χ3v) is 3.18. The van der Waals surface area contributed by atoms with Gasteiger partial charge in [-0.05, 0) is 31.0 Å². The van der Waals surface area contributed by atoms with E-state index in [-0.39, 0.29) is 5.82 Å². The maximum atomic E-state index is 13.1. The van der Waals surface area contributed by atoms with Crippen molar-refractivity contribution in [1.82, 2.24) is 9.97 Å². The van der Waals surface area contributed by atoms with E-state index >= 15 is 0 Å². The van der Waals surface area contributed by atoms with Crippen molar-refractivity contribution in [3.8, 4) is 0 Å². The molecule has 1 aliphatic rings. The van der Waals surface area contributed by atoms with E-state index < -0.39 is 0 Å². The zero-order valence-electron chi connectivity index (χ0n) is 10.5. The summed E-state index contributed by atoms with van der Waals surface area (Å²) in [4.78, 5) is 10.7. The molecule has 0 unspecified atom stereocenters. The van der Waals surface area contributed by atoms with Gasteiger partial charge in [0, 0.05) is 24.8 Å². The summed E-state index contributed by atoms with van der Waals surface area (Å²) in [6, 6.07) is 8.23. The molecule has 2 heterocycles. The first-order chi connectivity index (χ1) is 9.31. The van der Waals surface area contributed by atoms with Crippen LogP contribution in [0.5, 0.6) is 0 Å². The predicted octanol–water partition coefficient (Wildman–Crippen LogP) is 2.96. The Morgan fingerprint density at radius 1 is 1.11 bits per heavy atom. The Labute approximate surface area is 111 Å². The highest BCUT2D eigenvalue weighted by molar-refractivity contribution is 5.59. The molecule has 0 atom stereocenters. The molecular formula is C14H15FN4. The fourth-order valence-electron chi connectivity index (χ4n) is 2.25. The van der Waals surface area contributed by atoms with E-state index in [1.54, 1.807) is 12.1 Å². The smallest absolute Gasteiger partial charge is 0.135 e. The van der Waals surface area contributed by atoms with Gasteiger partial charge < -0.3 is 10.2 Å². The molecule has 1 N–H and O–H groups in total. The maximum Gasteiger partial charge on any atom is 0.135 e. The summed E-state index contributed by atoms with van der Waals surface area (Å²) in [5.41, 5.74) is 0.686. The molecule has 19 heavy (non-hydrogen) atoms. The molecule has 2 aromatic rings. The predicted molar refractivity (Wildman–Crippen MR) is 73.2 cm³/mol. The number of rotatable bonds is 3. The number of anilines is 3. The molecular weight excluding hydrogens is 243 g/mol. The molecule has 1 aromatic heterocycles. The van der Waals surface area contributed by atoms with Crippen molar-refractivity contribution in [3.05, 3.63) is 42.5 Å². The molecule has 0 bridgehead atoms. The van der Waals surface area contributed by atoms with Gasteiger partial charge in [0.25, 0.3) is 0 Å². The Hall–Kier alpha value is -2.17. The molecule has 1 aromatic carbocycles. The topological polar surface area (TPSA) is 41.0 Å². The lowest BCUT2D eigenvalue weighted by atomic mass is 10.3. The van der Waals surface area contributed by atoms with E-state index in [0.29, 0.717) is 11.5 Å². The molecule has 0 aliphatic carbocycles. The van der Waals surface area contributed by atoms with Crippen LogP contribution >= 0.6 is 0 Å². The number of halogens is 1. The van der Waals surface area contributed by atoms with Gasteiger partial charge >= 0.3 is 0 Å². The molecule has 98 valence electrons. The van der Waals surface area contributed by atoms with Crippen molar-refractivity contribution in [3.63, 3.8) is 0 Å². The number of aromatic nitrogens is 2. The van der Waals surface area contributed by atoms with Gasteiger partial charge in [0.1, 0.15) is 23.8 Å². The second kappa shape index (κ2) is 5.22. The molecule has 0 saturated carbocycles. The summed E-state index contributed by atoms with van der Waals surface area (Å²) in [6.45, 7) is 2.08. The van der Waals surface area contributed by atoms with Crippen molar-refractivity contribution in [2.75, 3.05) is 23.3 Å². The van der Waals surface area contributed by atoms with Crippen LogP contribution in [0, 0.1) is 5.82 Å². The van der Waals surface area contributed by atoms with Crippen molar-refractivity contribution < 1.29 is 4.39 Å². The molecule has 0 spiro atoms. The third kappa shape index (κ3) is 2.81. The second-order valence-electron chi connectivity index (χ2n) is 4.59. The quantitative estimate of drug-likeness (QED) is 0.919. The highest BCUT2D eigenvalue weighted by Gasteiger charge is 2.13. The van der Waals surface area contributed by atoms with Crippen LogP contribution in [0.25, 0.3) is 0 Å². The molecule has 5 heteroatoms. The van der Waals surface area contributed by atoms with Crippen molar-refractivity contribution in [2.24, 2.45) is 0 Å². The summed E-state index contributed by atoms with van der Waals surface area (Å²) in [5, 5.41) is 3.09. The van der Waals surface area contributed by atoms with Crippen molar-refractivity contribution in [2.45, 2.75) is 12.8 Å². The van der Waals surface area contributed by atoms with E-state index in [4.69, 9.17) is 0 Å². The minimum atomic E-state index is -0.265. The average molecular weight is 258 g/mol. The van der Waals surface area contributed by atoms with Crippen LogP contribution in [-0.4, -0.2) is 23.1 Å². The van der Waals surface area contributed by atoms with Crippen LogP contribution in [-0.2, 0) is 0 Å². The summed E-state index contributed by atoms with van der Waals surface area (Å²) in [6.07, 6.45) is 3.95. The monoisotopic (exact) mass is 258 g/mol. The lowest BCUT2D eigenvalue weighted by Gasteiger charge is -2.16. The minimum absolute atomic E-state index is 0.265. The van der Waals surface area contributed by atoms with Crippen LogP contribution in [0.15, 0.2) is 36.7 Å². The van der Waals surface area contributed by atoms with Gasteiger partial charge in [-0.1, -0.05) is 6.07 Å². The Balaban J connectivity index is 1.79. The van der Waals surface area contributed by atoms with Crippen molar-refractivity contribution in [1.29, 1.82) is 0 Å². The molecule has 1 aliphatic heterocycles. The number of nitrogens with zero attached hydrogens (tertiary/aromatic N) is 3. The largest absolute Gasteiger partial charge is 0.356 e. The Morgan fingerprint density at radius 3 is 2.74 bits per heavy atom. The Bertz CT molecular complexity index is 567. The average Bonchev–Trinajstić information content (AvgIpc) is 2.93. The molecule has 1 saturated heterocycles. The third-order valence-electron chi connectivity index (χ3n) is 3.18. The van der Waals surface area contributed by atoms with Gasteiger partial charge in [-0.25, -0.2) is 14.4 Å². The summed E-state index contributed by atoms with van der Waals surface area (Å²) < 4.78 is 13.1. The molecule has 0 radical (unpaired) electrons. The summed E-state index contributed by atoms with van der Waals surface area (Å²) in [5.74, 6) is 1.34. The molecule has 1 fully saturated rings. The zero-order chi connectivity index (χ0) is 13.1. The van der Waals surface area contributed by atoms with E-state index in [1.165, 1.54) is 31.3 Å². The van der Waals surface area contributed by atoms with Crippen LogP contribution in [0.1, 0.15) is 12.8 Å². The number of benzene rings is 1. The fraction of sp³-hybridized carbons (Fsp3) is 0.286. The van der Waals surface area contributed by atoms with Gasteiger partial charge in [0.15, 0.2) is 0 Å². The first-order valence-electron chi connectivity index (χ1n) is 6.41. The van der Waals surface area contributed by atoms with E-state index in [2.05, 4.69) is 20.2 Å². The first-order valence-corrected chi connectivity index (χ1v) is 6.41. The SMILES string of the molecule is Fc1cccc(Nc2cc(N3CCCC3)ncn2)c1. The summed E-state index contributed by atoms with van der Waals surface area (Å²) >= 11 is 0. The van der Waals surface area contributed by atoms with Crippen LogP contribution in [0.4, 0.5) is 21.7 Å². The normalized spacial score (nSPS) is 14.7. The standard InChI is InChI=1S/C14H15FN4/c15-11-4-3-5-12(8-11)18-13-9-14(17-10-16-13)19-6-1-2-7-19/h3-5,8-10H,1-2,6-7H2,(H,16,17,18). The van der Waals surface area contributed by atoms with Gasteiger partial charge in [-0.15, -0.1) is 0 Å². The van der Waals surface area contributed by atoms with Gasteiger partial charge in [0.05, 0.1) is 0 Å². The van der Waals surface area contributed by atoms with Crippen LogP contribution in [0.3, 0.4) is 0 Å². The van der Waals surface area contributed by atoms with Gasteiger partial charge in [-0.2, -0.15) is 0 Å². The highest BCUT2D eigenvalue weighted by atomic mass is 19.1. The number of nitrogens with one attached hydrogen (secondary N) is 1. The Kier molecular flexibility index (Phi) is 3.27. The minimum Gasteiger partial charge on any atom is -0.356 e. The van der Waals surface area contributed by atoms with Crippen LogP contribution in [0.2, 0.25) is 0 Å². The maximum absolute atomic E-state index is 13.1. The lowest BCUT2D eigenvalue weighted by molar-refractivity contribution is 0.628. The van der Waals surface area contributed by atoms with E-state index in [0.717, 1.165) is 18.9 Å². The van der Waals surface area contributed by atoms with Gasteiger partial charge in [-0.3, -0.25) is 0 Å². The molecule has 0 amide bonds. The number of hydrogen-bond donors (Lipinski definition) is 1. The van der Waals surface area contributed by atoms with E-state index in [1.807, 2.05) is 6.07 Å². The Morgan fingerprint density at radius 2 is 1.95 bits per heavy atom. The van der Waals surface area contributed by atoms with Gasteiger partial charge in [0.2, 0.25) is 0 Å². The van der Waals surface area contributed by atoms with Crippen molar-refractivity contribution >= 4 is 17.3 Å². The molecule has 4 nitrogen and oxygen atoms in total. The summed E-state index contributed by atoms with van der Waals surface area (Å²) in [7, 11) is 0. The lowest BCUT2D eigenvalue weighted by Crippen LogP contribution is -2.19. The first kappa shape index (κ1) is 11.9.